The van der Waals surface area contributed by atoms with Crippen LogP contribution < -0.4 is 5.73 Å². The van der Waals surface area contributed by atoms with Gasteiger partial charge in [0.05, 0.1) is 0 Å². The second-order valence-corrected chi connectivity index (χ2v) is 3.99. The van der Waals surface area contributed by atoms with Crippen molar-refractivity contribution in [1.82, 2.24) is 0 Å². The molecule has 2 N–H and O–H groups in total. The van der Waals surface area contributed by atoms with E-state index in [1.54, 1.807) is 0 Å². The molecule has 1 aliphatic rings. The van der Waals surface area contributed by atoms with Crippen LogP contribution in [0.5, 0.6) is 0 Å². The van der Waals surface area contributed by atoms with E-state index in [4.69, 9.17) is 5.73 Å². The van der Waals surface area contributed by atoms with Gasteiger partial charge >= 0.3 is 0 Å². The van der Waals surface area contributed by atoms with Crippen LogP contribution in [0.3, 0.4) is 0 Å². The predicted molar refractivity (Wildman–Crippen MR) is 44.7 cm³/mol. The maximum Gasteiger partial charge on any atom is 0.0107 e. The van der Waals surface area contributed by atoms with Crippen LogP contribution in [0, 0.1) is 11.3 Å². The highest BCUT2D eigenvalue weighted by Crippen LogP contribution is 2.53. The van der Waals surface area contributed by atoms with Crippen molar-refractivity contribution in [2.45, 2.75) is 32.7 Å². The quantitative estimate of drug-likeness (QED) is 0.594. The van der Waals surface area contributed by atoms with Crippen LogP contribution in [0.1, 0.15) is 26.7 Å². The average Bonchev–Trinajstić information content (AvgIpc) is 2.41. The molecule has 0 saturated heterocycles. The highest BCUT2D eigenvalue weighted by molar-refractivity contribution is 5.02. The van der Waals surface area contributed by atoms with Crippen LogP contribution in [0.25, 0.3) is 0 Å². The molecule has 0 aromatic carbocycles. The molecule has 0 aliphatic heterocycles. The van der Waals surface area contributed by atoms with E-state index in [0.717, 1.165) is 12.3 Å². The van der Waals surface area contributed by atoms with Crippen molar-refractivity contribution in [3.63, 3.8) is 0 Å². The van der Waals surface area contributed by atoms with Gasteiger partial charge in [-0.3, -0.25) is 0 Å². The first kappa shape index (κ1) is 7.80. The highest BCUT2D eigenvalue weighted by atomic mass is 14.7. The molecule has 1 nitrogen and oxygen atoms in total. The Labute approximate surface area is 63.3 Å². The van der Waals surface area contributed by atoms with Gasteiger partial charge in [-0.1, -0.05) is 19.9 Å². The van der Waals surface area contributed by atoms with Crippen molar-refractivity contribution in [2.75, 3.05) is 0 Å². The summed E-state index contributed by atoms with van der Waals surface area (Å²) >= 11 is 0. The molecule has 0 aromatic rings. The number of hydrogen-bond acceptors (Lipinski definition) is 1. The third-order valence-corrected chi connectivity index (χ3v) is 2.55. The third-order valence-electron chi connectivity index (χ3n) is 2.55. The summed E-state index contributed by atoms with van der Waals surface area (Å²) in [5.74, 6) is 0.741. The zero-order valence-electron chi connectivity index (χ0n) is 6.93. The highest BCUT2D eigenvalue weighted by Gasteiger charge is 2.48. The lowest BCUT2D eigenvalue weighted by Crippen LogP contribution is -2.23. The Morgan fingerprint density at radius 1 is 1.80 bits per heavy atom. The Kier molecular flexibility index (Phi) is 1.86. The molecule has 1 rings (SSSR count). The SMILES string of the molecule is C=CCC(N)C1CC1(C)C. The van der Waals surface area contributed by atoms with Crippen LogP contribution in [-0.4, -0.2) is 6.04 Å². The Morgan fingerprint density at radius 3 is 2.60 bits per heavy atom. The lowest BCUT2D eigenvalue weighted by atomic mass is 10.0. The lowest BCUT2D eigenvalue weighted by Gasteiger charge is -2.09. The second-order valence-electron chi connectivity index (χ2n) is 3.99. The van der Waals surface area contributed by atoms with Crippen molar-refractivity contribution in [2.24, 2.45) is 17.1 Å². The minimum atomic E-state index is 0.354. The first-order chi connectivity index (χ1) is 4.58. The van der Waals surface area contributed by atoms with Crippen molar-refractivity contribution in [3.05, 3.63) is 12.7 Å². The van der Waals surface area contributed by atoms with Crippen molar-refractivity contribution in [1.29, 1.82) is 0 Å². The molecule has 2 unspecified atom stereocenters. The Hall–Kier alpha value is -0.300. The summed E-state index contributed by atoms with van der Waals surface area (Å²) in [6.07, 6.45) is 4.18. The molecule has 0 aromatic heterocycles. The first-order valence-electron chi connectivity index (χ1n) is 3.94. The number of hydrogen-bond donors (Lipinski definition) is 1. The molecule has 1 heteroatoms. The van der Waals surface area contributed by atoms with E-state index in [9.17, 15) is 0 Å². The van der Waals surface area contributed by atoms with Gasteiger partial charge in [-0.05, 0) is 24.2 Å². The summed E-state index contributed by atoms with van der Waals surface area (Å²) in [7, 11) is 0. The molecular formula is C9H17N. The summed E-state index contributed by atoms with van der Waals surface area (Å²) in [6.45, 7) is 8.24. The summed E-state index contributed by atoms with van der Waals surface area (Å²) in [5.41, 5.74) is 6.41. The summed E-state index contributed by atoms with van der Waals surface area (Å²) in [6, 6.07) is 0.354. The monoisotopic (exact) mass is 139 g/mol. The molecule has 1 saturated carbocycles. The molecule has 0 bridgehead atoms. The maximum atomic E-state index is 5.89. The summed E-state index contributed by atoms with van der Waals surface area (Å²) in [4.78, 5) is 0. The van der Waals surface area contributed by atoms with Crippen LogP contribution >= 0.6 is 0 Å². The molecule has 0 spiro atoms. The van der Waals surface area contributed by atoms with E-state index in [2.05, 4.69) is 20.4 Å². The molecular weight excluding hydrogens is 122 g/mol. The molecule has 0 radical (unpaired) electrons. The van der Waals surface area contributed by atoms with Gasteiger partial charge in [0.15, 0.2) is 0 Å². The Balaban J connectivity index is 2.32. The molecule has 10 heavy (non-hydrogen) atoms. The number of nitrogens with two attached hydrogens (primary N) is 1. The Morgan fingerprint density at radius 2 is 2.30 bits per heavy atom. The topological polar surface area (TPSA) is 26.0 Å². The van der Waals surface area contributed by atoms with E-state index in [1.807, 2.05) is 6.08 Å². The van der Waals surface area contributed by atoms with E-state index in [0.29, 0.717) is 11.5 Å². The van der Waals surface area contributed by atoms with Gasteiger partial charge in [0.1, 0.15) is 0 Å². The maximum absolute atomic E-state index is 5.89. The van der Waals surface area contributed by atoms with Gasteiger partial charge < -0.3 is 5.73 Å². The number of rotatable bonds is 3. The normalized spacial score (nSPS) is 31.3. The van der Waals surface area contributed by atoms with E-state index in [-0.39, 0.29) is 0 Å². The molecule has 1 fully saturated rings. The van der Waals surface area contributed by atoms with Gasteiger partial charge in [-0.15, -0.1) is 6.58 Å². The molecule has 58 valence electrons. The summed E-state index contributed by atoms with van der Waals surface area (Å²) < 4.78 is 0. The van der Waals surface area contributed by atoms with Gasteiger partial charge in [0.2, 0.25) is 0 Å². The van der Waals surface area contributed by atoms with E-state index < -0.39 is 0 Å². The summed E-state index contributed by atoms with van der Waals surface area (Å²) in [5, 5.41) is 0. The standard InChI is InChI=1S/C9H17N/c1-4-5-8(10)7-6-9(7,2)3/h4,7-8H,1,5-6,10H2,2-3H3. The third kappa shape index (κ3) is 1.40. The minimum Gasteiger partial charge on any atom is -0.327 e. The fourth-order valence-corrected chi connectivity index (χ4v) is 1.60. The first-order valence-corrected chi connectivity index (χ1v) is 3.94. The van der Waals surface area contributed by atoms with Crippen LogP contribution in [0.4, 0.5) is 0 Å². The zero-order chi connectivity index (χ0) is 7.78. The molecule has 1 aliphatic carbocycles. The average molecular weight is 139 g/mol. The molecule has 2 atom stereocenters. The fourth-order valence-electron chi connectivity index (χ4n) is 1.60. The van der Waals surface area contributed by atoms with E-state index in [1.165, 1.54) is 6.42 Å². The zero-order valence-corrected chi connectivity index (χ0v) is 6.93. The fraction of sp³-hybridized carbons (Fsp3) is 0.778. The Bertz CT molecular complexity index is 138. The smallest absolute Gasteiger partial charge is 0.0107 e. The van der Waals surface area contributed by atoms with Crippen LogP contribution in [0.2, 0.25) is 0 Å². The van der Waals surface area contributed by atoms with Gasteiger partial charge in [-0.2, -0.15) is 0 Å². The van der Waals surface area contributed by atoms with Crippen molar-refractivity contribution in [3.8, 4) is 0 Å². The molecule has 0 heterocycles. The van der Waals surface area contributed by atoms with Gasteiger partial charge in [0, 0.05) is 6.04 Å². The van der Waals surface area contributed by atoms with Gasteiger partial charge in [-0.25, -0.2) is 0 Å². The minimum absolute atomic E-state index is 0.354. The van der Waals surface area contributed by atoms with Crippen molar-refractivity contribution >= 4 is 0 Å². The largest absolute Gasteiger partial charge is 0.327 e. The van der Waals surface area contributed by atoms with Crippen LogP contribution in [-0.2, 0) is 0 Å². The second kappa shape index (κ2) is 2.39. The predicted octanol–water partition coefficient (Wildman–Crippen LogP) is 1.94. The van der Waals surface area contributed by atoms with Crippen LogP contribution in [0.15, 0.2) is 12.7 Å². The van der Waals surface area contributed by atoms with E-state index >= 15 is 0 Å². The van der Waals surface area contributed by atoms with Gasteiger partial charge in [0.25, 0.3) is 0 Å². The lowest BCUT2D eigenvalue weighted by molar-refractivity contribution is 0.481. The van der Waals surface area contributed by atoms with Crippen molar-refractivity contribution < 1.29 is 0 Å². The molecule has 0 amide bonds.